The molecule has 8 heteroatoms. The molecule has 286 valence electrons. The highest BCUT2D eigenvalue weighted by Crippen LogP contribution is 2.28. The van der Waals surface area contributed by atoms with Crippen LogP contribution in [0.3, 0.4) is 0 Å². The van der Waals surface area contributed by atoms with Gasteiger partial charge in [0.2, 0.25) is 0 Å². The molecule has 4 N–H and O–H groups in total. The van der Waals surface area contributed by atoms with Gasteiger partial charge in [0, 0.05) is 13.0 Å². The summed E-state index contributed by atoms with van der Waals surface area (Å²) in [6.07, 6.45) is 20.8. The Morgan fingerprint density at radius 3 is 1.62 bits per heavy atom. The Bertz CT molecular complexity index is 736. The number of aliphatic hydroxyl groups is 4. The molecule has 1 fully saturated rings. The summed E-state index contributed by atoms with van der Waals surface area (Å²) in [6.45, 7) is 9.73. The van der Waals surface area contributed by atoms with Crippen molar-refractivity contribution in [1.29, 1.82) is 0 Å². The molecule has 3 unspecified atom stereocenters. The predicted molar refractivity (Wildman–Crippen MR) is 195 cm³/mol. The monoisotopic (exact) mass is 687 g/mol. The zero-order valence-electron chi connectivity index (χ0n) is 31.6. The fourth-order valence-corrected chi connectivity index (χ4v) is 6.68. The first-order valence-electron chi connectivity index (χ1n) is 20.3. The first-order valence-corrected chi connectivity index (χ1v) is 20.3. The average Bonchev–Trinajstić information content (AvgIpc) is 3.27. The summed E-state index contributed by atoms with van der Waals surface area (Å²) in [5.74, 6) is 1.21. The number of hydrogen-bond donors (Lipinski definition) is 4. The third-order valence-electron chi connectivity index (χ3n) is 10.3. The third-order valence-corrected chi connectivity index (χ3v) is 10.3. The number of hydrogen-bond acceptors (Lipinski definition) is 8. The van der Waals surface area contributed by atoms with Crippen molar-refractivity contribution in [3.8, 4) is 0 Å². The van der Waals surface area contributed by atoms with Crippen LogP contribution in [-0.4, -0.2) is 82.8 Å². The summed E-state index contributed by atoms with van der Waals surface area (Å²) in [6, 6.07) is 0. The number of esters is 1. The molecule has 0 aliphatic heterocycles. The van der Waals surface area contributed by atoms with Crippen molar-refractivity contribution in [3.63, 3.8) is 0 Å². The molecule has 1 saturated carbocycles. The Balaban J connectivity index is 2.11. The quantitative estimate of drug-likeness (QED) is 0.0401. The van der Waals surface area contributed by atoms with Crippen LogP contribution >= 0.6 is 0 Å². The van der Waals surface area contributed by atoms with E-state index >= 15 is 0 Å². The minimum atomic E-state index is -1.49. The highest BCUT2D eigenvalue weighted by molar-refractivity contribution is 5.69. The molecule has 8 nitrogen and oxygen atoms in total. The smallest absolute Gasteiger partial charge is 0.306 e. The van der Waals surface area contributed by atoms with Crippen LogP contribution in [0.1, 0.15) is 182 Å². The van der Waals surface area contributed by atoms with Gasteiger partial charge in [-0.2, -0.15) is 0 Å². The number of ether oxygens (including phenoxy) is 3. The predicted octanol–water partition coefficient (Wildman–Crippen LogP) is 8.43. The molecule has 0 bridgehead atoms. The molecule has 0 heterocycles. The largest absolute Gasteiger partial charge is 0.457 e. The Kier molecular flexibility index (Phi) is 28.2. The number of aliphatic hydroxyl groups excluding tert-OH is 4. The van der Waals surface area contributed by atoms with Gasteiger partial charge in [-0.15, -0.1) is 0 Å². The summed E-state index contributed by atoms with van der Waals surface area (Å²) in [5, 5.41) is 41.3. The van der Waals surface area contributed by atoms with E-state index in [0.29, 0.717) is 13.0 Å². The van der Waals surface area contributed by atoms with Crippen molar-refractivity contribution in [1.82, 2.24) is 0 Å². The third kappa shape index (κ3) is 22.1. The van der Waals surface area contributed by atoms with Gasteiger partial charge in [-0.25, -0.2) is 0 Å². The molecule has 1 rings (SSSR count). The highest BCUT2D eigenvalue weighted by atomic mass is 16.6. The maximum absolute atomic E-state index is 12.5. The van der Waals surface area contributed by atoms with Crippen molar-refractivity contribution in [2.45, 2.75) is 218 Å². The minimum absolute atomic E-state index is 0.0903. The summed E-state index contributed by atoms with van der Waals surface area (Å²) < 4.78 is 16.7. The van der Waals surface area contributed by atoms with Gasteiger partial charge in [-0.3, -0.25) is 4.79 Å². The van der Waals surface area contributed by atoms with Gasteiger partial charge in [-0.1, -0.05) is 163 Å². The average molecular weight is 687 g/mol. The second-order valence-corrected chi connectivity index (χ2v) is 15.1. The van der Waals surface area contributed by atoms with Crippen LogP contribution in [0.5, 0.6) is 0 Å². The maximum atomic E-state index is 12.5. The Hall–Kier alpha value is -0.770. The van der Waals surface area contributed by atoms with Crippen LogP contribution < -0.4 is 0 Å². The molecule has 8 atom stereocenters. The Morgan fingerprint density at radius 2 is 1.06 bits per heavy atom. The van der Waals surface area contributed by atoms with Gasteiger partial charge < -0.3 is 34.6 Å². The van der Waals surface area contributed by atoms with E-state index in [-0.39, 0.29) is 19.6 Å². The molecule has 0 aromatic rings. The Labute approximate surface area is 295 Å². The summed E-state index contributed by atoms with van der Waals surface area (Å²) in [4.78, 5) is 12.5. The lowest BCUT2D eigenvalue weighted by molar-refractivity contribution is -0.168. The van der Waals surface area contributed by atoms with E-state index in [1.807, 2.05) is 0 Å². The molecule has 0 spiro atoms. The fraction of sp³-hybridized carbons (Fsp3) is 0.975. The second-order valence-electron chi connectivity index (χ2n) is 15.1. The van der Waals surface area contributed by atoms with Gasteiger partial charge in [0.15, 0.2) is 6.10 Å². The van der Waals surface area contributed by atoms with Gasteiger partial charge >= 0.3 is 5.97 Å². The topological polar surface area (TPSA) is 126 Å². The number of unbranched alkanes of at least 4 members (excludes halogenated alkanes) is 16. The molecule has 0 aromatic carbocycles. The fourth-order valence-electron chi connectivity index (χ4n) is 6.68. The lowest BCUT2D eigenvalue weighted by atomic mass is 9.96. The second kappa shape index (κ2) is 29.9. The molecule has 48 heavy (non-hydrogen) atoms. The molecule has 1 aliphatic rings. The first-order chi connectivity index (χ1) is 23.2. The highest BCUT2D eigenvalue weighted by Gasteiger charge is 2.52. The number of carbonyl (C=O) groups excluding carboxylic acids is 1. The normalized spacial score (nSPS) is 23.0. The van der Waals surface area contributed by atoms with Crippen LogP contribution in [0.25, 0.3) is 0 Å². The van der Waals surface area contributed by atoms with Crippen molar-refractivity contribution in [2.24, 2.45) is 11.8 Å². The van der Waals surface area contributed by atoms with Crippen molar-refractivity contribution < 1.29 is 39.4 Å². The van der Waals surface area contributed by atoms with E-state index in [4.69, 9.17) is 14.2 Å². The number of rotatable bonds is 33. The number of carbonyl (C=O) groups is 1. The molecule has 0 saturated heterocycles. The van der Waals surface area contributed by atoms with E-state index in [1.54, 1.807) is 0 Å². The van der Waals surface area contributed by atoms with Gasteiger partial charge in [0.05, 0.1) is 13.2 Å². The lowest BCUT2D eigenvalue weighted by Gasteiger charge is -2.24. The van der Waals surface area contributed by atoms with Gasteiger partial charge in [0.25, 0.3) is 0 Å². The maximum Gasteiger partial charge on any atom is 0.306 e. The molecular formula is C40H78O8. The van der Waals surface area contributed by atoms with Crippen molar-refractivity contribution in [2.75, 3.05) is 19.8 Å². The van der Waals surface area contributed by atoms with Gasteiger partial charge in [-0.05, 0) is 24.7 Å². The van der Waals surface area contributed by atoms with Crippen LogP contribution in [-0.2, 0) is 19.0 Å². The zero-order valence-corrected chi connectivity index (χ0v) is 31.6. The van der Waals surface area contributed by atoms with Crippen LogP contribution in [0.2, 0.25) is 0 Å². The summed E-state index contributed by atoms with van der Waals surface area (Å²) in [5.41, 5.74) is 0. The first kappa shape index (κ1) is 45.3. The van der Waals surface area contributed by atoms with Crippen LogP contribution in [0, 0.1) is 11.8 Å². The molecule has 0 amide bonds. The van der Waals surface area contributed by atoms with Crippen molar-refractivity contribution >= 4 is 5.97 Å². The molecule has 0 radical (unpaired) electrons. The minimum Gasteiger partial charge on any atom is -0.457 e. The standard InChI is InChI=1S/C40H78O8/c1-5-7-8-20-26-33(4)27-22-17-13-11-15-19-24-29-46-30-34(41)31-47-39-37(44)36(43)38(45)40(39)48-35(42)28-23-18-14-10-9-12-16-21-25-32(3)6-2/h32-34,36-41,43-45H,5-31H2,1-4H3/t32?,33?,34?,36-,37-,38+,39+,40-/m0/s1. The molecular weight excluding hydrogens is 608 g/mol. The van der Waals surface area contributed by atoms with E-state index in [9.17, 15) is 25.2 Å². The van der Waals surface area contributed by atoms with E-state index in [2.05, 4.69) is 27.7 Å². The van der Waals surface area contributed by atoms with Crippen LogP contribution in [0.15, 0.2) is 0 Å². The Morgan fingerprint density at radius 1 is 0.583 bits per heavy atom. The lowest BCUT2D eigenvalue weighted by Crippen LogP contribution is -2.41. The van der Waals surface area contributed by atoms with Gasteiger partial charge in [0.1, 0.15) is 30.5 Å². The SMILES string of the molecule is CCCCCCC(C)CCCCCCCCCOCC(O)CO[C@@H]1[C@@H](O)[C@H](O)[C@@H](O)[C@@H]1OC(=O)CCCCCCCCCCC(C)CC. The summed E-state index contributed by atoms with van der Waals surface area (Å²) in [7, 11) is 0. The van der Waals surface area contributed by atoms with E-state index in [0.717, 1.165) is 37.5 Å². The van der Waals surface area contributed by atoms with Crippen molar-refractivity contribution in [3.05, 3.63) is 0 Å². The van der Waals surface area contributed by atoms with E-state index in [1.165, 1.54) is 116 Å². The van der Waals surface area contributed by atoms with Crippen LogP contribution in [0.4, 0.5) is 0 Å². The summed E-state index contributed by atoms with van der Waals surface area (Å²) >= 11 is 0. The molecule has 0 aromatic heterocycles. The molecule has 1 aliphatic carbocycles. The zero-order chi connectivity index (χ0) is 35.4. The van der Waals surface area contributed by atoms with E-state index < -0.39 is 42.6 Å².